The molecule has 0 atom stereocenters. The lowest BCUT2D eigenvalue weighted by Crippen LogP contribution is -2.12. The van der Waals surface area contributed by atoms with E-state index in [4.69, 9.17) is 14.1 Å². The number of furan rings is 1. The van der Waals surface area contributed by atoms with E-state index in [9.17, 15) is 0 Å². The quantitative estimate of drug-likeness (QED) is 0.675. The monoisotopic (exact) mass is 341 g/mol. The van der Waals surface area contributed by atoms with Gasteiger partial charge in [0.15, 0.2) is 5.76 Å². The van der Waals surface area contributed by atoms with Gasteiger partial charge in [0.25, 0.3) is 0 Å². The molecule has 24 heavy (non-hydrogen) atoms. The molecule has 1 aromatic heterocycles. The lowest BCUT2D eigenvalue weighted by atomic mass is 9.98. The molecule has 0 spiro atoms. The Morgan fingerprint density at radius 3 is 2.67 bits per heavy atom. The van der Waals surface area contributed by atoms with Gasteiger partial charge >= 0.3 is 0 Å². The highest BCUT2D eigenvalue weighted by molar-refractivity contribution is 6.14. The Hall–Kier alpha value is -2.26. The number of halogens is 1. The van der Waals surface area contributed by atoms with Gasteiger partial charge in [0.2, 0.25) is 0 Å². The molecule has 0 saturated heterocycles. The molecule has 0 radical (unpaired) electrons. The molecule has 0 amide bonds. The number of rotatable bonds is 3. The number of benzene rings is 2. The molecule has 0 N–H and O–H groups in total. The maximum absolute atomic E-state index is 6.13. The summed E-state index contributed by atoms with van der Waals surface area (Å²) in [5, 5.41) is 1.22. The topological polar surface area (TPSA) is 34.7 Å². The van der Waals surface area contributed by atoms with E-state index in [1.54, 1.807) is 0 Å². The fourth-order valence-electron chi connectivity index (χ4n) is 3.15. The van der Waals surface area contributed by atoms with Crippen LogP contribution in [0.3, 0.4) is 0 Å². The number of aryl methyl sites for hydroxylation is 1. The van der Waals surface area contributed by atoms with Crippen molar-refractivity contribution in [3.63, 3.8) is 0 Å². The van der Waals surface area contributed by atoms with Gasteiger partial charge in [-0.05, 0) is 56.7 Å². The Morgan fingerprint density at radius 1 is 1.12 bits per heavy atom. The van der Waals surface area contributed by atoms with Gasteiger partial charge in [-0.1, -0.05) is 11.6 Å². The van der Waals surface area contributed by atoms with E-state index in [1.165, 1.54) is 16.5 Å². The van der Waals surface area contributed by atoms with Gasteiger partial charge in [-0.2, -0.15) is 0 Å². The van der Waals surface area contributed by atoms with Crippen LogP contribution in [0.4, 0.5) is 0 Å². The summed E-state index contributed by atoms with van der Waals surface area (Å²) in [6.07, 6.45) is 0.937. The number of hydrogen-bond acceptors (Lipinski definition) is 3. The third kappa shape index (κ3) is 2.80. The third-order valence-corrected chi connectivity index (χ3v) is 4.23. The molecule has 1 aliphatic rings. The number of ether oxygens (including phenoxy) is 1. The molecule has 3 aromatic rings. The Bertz CT molecular complexity index is 894. The minimum atomic E-state index is 0. The molecule has 2 aromatic carbocycles. The fourth-order valence-corrected chi connectivity index (χ4v) is 3.15. The normalized spacial score (nSPS) is 13.2. The van der Waals surface area contributed by atoms with Gasteiger partial charge in [-0.25, -0.2) is 0 Å². The fraction of sp³-hybridized carbons (Fsp3) is 0.250. The summed E-state index contributed by atoms with van der Waals surface area (Å²) in [5.41, 5.74) is 5.50. The van der Waals surface area contributed by atoms with Crippen molar-refractivity contribution in [3.05, 3.63) is 64.9 Å². The van der Waals surface area contributed by atoms with Crippen LogP contribution < -0.4 is 4.74 Å². The molecule has 0 bridgehead atoms. The van der Waals surface area contributed by atoms with E-state index in [2.05, 4.69) is 37.3 Å². The van der Waals surface area contributed by atoms with Crippen LogP contribution in [0.5, 0.6) is 5.75 Å². The minimum Gasteiger partial charge on any atom is -0.494 e. The van der Waals surface area contributed by atoms with Crippen molar-refractivity contribution in [2.45, 2.75) is 20.3 Å². The highest BCUT2D eigenvalue weighted by Gasteiger charge is 2.23. The predicted octanol–water partition coefficient (Wildman–Crippen LogP) is 4.96. The molecule has 124 valence electrons. The van der Waals surface area contributed by atoms with Gasteiger partial charge < -0.3 is 9.15 Å². The maximum atomic E-state index is 6.13. The van der Waals surface area contributed by atoms with Gasteiger partial charge in [0.05, 0.1) is 6.61 Å². The molecule has 1 aliphatic heterocycles. The van der Waals surface area contributed by atoms with Gasteiger partial charge in [-0.15, -0.1) is 12.4 Å². The van der Waals surface area contributed by atoms with Crippen molar-refractivity contribution in [3.8, 4) is 5.75 Å². The molecule has 0 fully saturated rings. The molecule has 3 nitrogen and oxygen atoms in total. The van der Waals surface area contributed by atoms with Crippen LogP contribution in [-0.4, -0.2) is 18.9 Å². The zero-order valence-corrected chi connectivity index (χ0v) is 14.7. The molecule has 0 aliphatic carbocycles. The first-order valence-electron chi connectivity index (χ1n) is 8.06. The van der Waals surface area contributed by atoms with Crippen LogP contribution in [0.25, 0.3) is 11.0 Å². The Morgan fingerprint density at radius 2 is 1.92 bits per heavy atom. The molecule has 0 saturated carbocycles. The summed E-state index contributed by atoms with van der Waals surface area (Å²) in [6.45, 7) is 5.58. The van der Waals surface area contributed by atoms with Crippen molar-refractivity contribution in [1.29, 1.82) is 0 Å². The first kappa shape index (κ1) is 16.6. The number of hydrogen-bond donors (Lipinski definition) is 0. The van der Waals surface area contributed by atoms with E-state index in [1.807, 2.05) is 19.1 Å². The molecule has 4 heteroatoms. The van der Waals surface area contributed by atoms with Crippen LogP contribution in [0.15, 0.2) is 51.9 Å². The molecule has 0 unspecified atom stereocenters. The van der Waals surface area contributed by atoms with Crippen molar-refractivity contribution in [1.82, 2.24) is 0 Å². The van der Waals surface area contributed by atoms with Gasteiger partial charge in [0, 0.05) is 23.1 Å². The zero-order chi connectivity index (χ0) is 15.8. The van der Waals surface area contributed by atoms with Crippen LogP contribution in [0.2, 0.25) is 0 Å². The van der Waals surface area contributed by atoms with Crippen molar-refractivity contribution < 1.29 is 9.15 Å². The maximum Gasteiger partial charge on any atom is 0.157 e. The van der Waals surface area contributed by atoms with Crippen LogP contribution in [-0.2, 0) is 6.42 Å². The summed E-state index contributed by atoms with van der Waals surface area (Å²) >= 11 is 0. The molecular weight excluding hydrogens is 322 g/mol. The first-order chi connectivity index (χ1) is 11.3. The second kappa shape index (κ2) is 6.70. The van der Waals surface area contributed by atoms with E-state index in [0.29, 0.717) is 6.61 Å². The SMILES string of the molecule is CCOc1ccc(C2=NCCc3c2oc2ccc(C)cc32)cc1.Cl. The Labute approximate surface area is 147 Å². The zero-order valence-electron chi connectivity index (χ0n) is 13.8. The average molecular weight is 342 g/mol. The van der Waals surface area contributed by atoms with E-state index >= 15 is 0 Å². The second-order valence-corrected chi connectivity index (χ2v) is 5.85. The Balaban J connectivity index is 0.00000169. The standard InChI is InChI=1S/C20H19NO2.ClH/c1-3-22-15-7-5-14(6-8-15)19-20-16(10-11-21-19)17-12-13(2)4-9-18(17)23-20;/h4-9,12H,3,10-11H2,1-2H3;1H. The average Bonchev–Trinajstić information content (AvgIpc) is 2.94. The smallest absolute Gasteiger partial charge is 0.157 e. The van der Waals surface area contributed by atoms with E-state index in [-0.39, 0.29) is 12.4 Å². The van der Waals surface area contributed by atoms with Crippen LogP contribution in [0.1, 0.15) is 29.4 Å². The Kier molecular flexibility index (Phi) is 4.63. The molecule has 4 rings (SSSR count). The lowest BCUT2D eigenvalue weighted by molar-refractivity contribution is 0.340. The molecule has 2 heterocycles. The summed E-state index contributed by atoms with van der Waals surface area (Å²) in [4.78, 5) is 4.72. The van der Waals surface area contributed by atoms with Gasteiger partial charge in [0.1, 0.15) is 17.0 Å². The van der Waals surface area contributed by atoms with Gasteiger partial charge in [-0.3, -0.25) is 4.99 Å². The summed E-state index contributed by atoms with van der Waals surface area (Å²) in [6, 6.07) is 14.4. The highest BCUT2D eigenvalue weighted by atomic mass is 35.5. The van der Waals surface area contributed by atoms with Crippen LogP contribution in [0, 0.1) is 6.92 Å². The van der Waals surface area contributed by atoms with Crippen molar-refractivity contribution in [2.24, 2.45) is 4.99 Å². The van der Waals surface area contributed by atoms with E-state index in [0.717, 1.165) is 41.3 Å². The number of fused-ring (bicyclic) bond motifs is 3. The summed E-state index contributed by atoms with van der Waals surface area (Å²) < 4.78 is 11.6. The second-order valence-electron chi connectivity index (χ2n) is 5.85. The van der Waals surface area contributed by atoms with Crippen molar-refractivity contribution >= 4 is 29.1 Å². The highest BCUT2D eigenvalue weighted by Crippen LogP contribution is 2.32. The van der Waals surface area contributed by atoms with Crippen LogP contribution >= 0.6 is 12.4 Å². The largest absolute Gasteiger partial charge is 0.494 e. The molecular formula is C20H20ClNO2. The third-order valence-electron chi connectivity index (χ3n) is 4.23. The summed E-state index contributed by atoms with van der Waals surface area (Å²) in [7, 11) is 0. The van der Waals surface area contributed by atoms with E-state index < -0.39 is 0 Å². The number of nitrogens with zero attached hydrogens (tertiary/aromatic N) is 1. The lowest BCUT2D eigenvalue weighted by Gasteiger charge is -2.12. The number of aliphatic imine (C=N–C) groups is 1. The predicted molar refractivity (Wildman–Crippen MR) is 100 cm³/mol. The first-order valence-corrected chi connectivity index (χ1v) is 8.06. The minimum absolute atomic E-state index is 0. The van der Waals surface area contributed by atoms with Crippen molar-refractivity contribution in [2.75, 3.05) is 13.2 Å². The summed E-state index contributed by atoms with van der Waals surface area (Å²) in [5.74, 6) is 1.80.